The molecule has 3 saturated heterocycles. The van der Waals surface area contributed by atoms with Gasteiger partial charge < -0.3 is 20.2 Å². The van der Waals surface area contributed by atoms with E-state index >= 15 is 0 Å². The molecule has 11 heteroatoms. The topological polar surface area (TPSA) is 93.2 Å². The van der Waals surface area contributed by atoms with E-state index in [0.29, 0.717) is 18.4 Å². The van der Waals surface area contributed by atoms with Crippen molar-refractivity contribution in [1.29, 1.82) is 0 Å². The molecule has 0 saturated carbocycles. The van der Waals surface area contributed by atoms with Gasteiger partial charge in [-0.1, -0.05) is 48.5 Å². The van der Waals surface area contributed by atoms with Gasteiger partial charge in [0.2, 0.25) is 5.91 Å². The van der Waals surface area contributed by atoms with Crippen molar-refractivity contribution >= 4 is 17.8 Å². The lowest BCUT2D eigenvalue weighted by Gasteiger charge is -2.26. The average Bonchev–Trinajstić information content (AvgIpc) is 3.68. The number of aryl methyl sites for hydroxylation is 2. The molecule has 3 aliphatic rings. The third-order valence-corrected chi connectivity index (χ3v) is 8.62. The third-order valence-electron chi connectivity index (χ3n) is 8.62. The summed E-state index contributed by atoms with van der Waals surface area (Å²) in [4.78, 5) is 41.8. The first-order chi connectivity index (χ1) is 20.4. The number of benzene rings is 2. The van der Waals surface area contributed by atoms with Crippen molar-refractivity contribution in [2.45, 2.75) is 45.3 Å². The number of carboxylic acid groups (broad SMARTS) is 1. The van der Waals surface area contributed by atoms with Crippen molar-refractivity contribution in [3.05, 3.63) is 70.8 Å². The molecule has 234 valence electrons. The monoisotopic (exact) mass is 602 g/mol. The third kappa shape index (κ3) is 8.79. The van der Waals surface area contributed by atoms with Crippen LogP contribution in [0.15, 0.2) is 48.5 Å². The first-order valence-electron chi connectivity index (χ1n) is 14.9. The number of fused-ring (bicyclic) bond motifs is 1. The summed E-state index contributed by atoms with van der Waals surface area (Å²) in [5.41, 5.74) is 4.19. The SMILES string of the molecule is Cc1cccc(C)c1C(=O)N1CC2CN(CCC(NC(=O)CN3CCCC3)c3ccccc3)C[C@H]2C1.O=C(O)C(F)(F)F. The summed E-state index contributed by atoms with van der Waals surface area (Å²) in [5.74, 6) is -1.36. The summed E-state index contributed by atoms with van der Waals surface area (Å²) in [6, 6.07) is 16.5. The number of nitrogens with one attached hydrogen (secondary N) is 1. The van der Waals surface area contributed by atoms with Gasteiger partial charge in [0.25, 0.3) is 5.91 Å². The van der Waals surface area contributed by atoms with Crippen LogP contribution in [0.3, 0.4) is 0 Å². The van der Waals surface area contributed by atoms with E-state index < -0.39 is 12.1 Å². The number of halogens is 3. The van der Waals surface area contributed by atoms with Crippen LogP contribution in [0.2, 0.25) is 0 Å². The van der Waals surface area contributed by atoms with E-state index in [1.54, 1.807) is 0 Å². The Hall–Kier alpha value is -3.44. The number of nitrogens with zero attached hydrogens (tertiary/aromatic N) is 3. The lowest BCUT2D eigenvalue weighted by Crippen LogP contribution is -2.39. The van der Waals surface area contributed by atoms with Crippen LogP contribution in [0.5, 0.6) is 0 Å². The number of carboxylic acids is 1. The number of amides is 2. The van der Waals surface area contributed by atoms with Gasteiger partial charge in [0.05, 0.1) is 12.6 Å². The van der Waals surface area contributed by atoms with Crippen molar-refractivity contribution in [3.63, 3.8) is 0 Å². The lowest BCUT2D eigenvalue weighted by molar-refractivity contribution is -0.192. The van der Waals surface area contributed by atoms with Gasteiger partial charge in [0.15, 0.2) is 0 Å². The first-order valence-corrected chi connectivity index (χ1v) is 14.9. The zero-order valence-electron chi connectivity index (χ0n) is 24.8. The summed E-state index contributed by atoms with van der Waals surface area (Å²) in [5, 5.41) is 10.5. The van der Waals surface area contributed by atoms with Crippen molar-refractivity contribution < 1.29 is 32.7 Å². The highest BCUT2D eigenvalue weighted by atomic mass is 19.4. The highest BCUT2D eigenvalue weighted by molar-refractivity contribution is 5.97. The number of rotatable bonds is 8. The minimum atomic E-state index is -5.08. The quantitative estimate of drug-likeness (QED) is 0.469. The minimum absolute atomic E-state index is 0.0313. The van der Waals surface area contributed by atoms with Crippen molar-refractivity contribution in [3.8, 4) is 0 Å². The molecule has 0 aromatic heterocycles. The Balaban J connectivity index is 0.000000541. The maximum Gasteiger partial charge on any atom is 0.490 e. The van der Waals surface area contributed by atoms with Crippen LogP contribution >= 0.6 is 0 Å². The zero-order chi connectivity index (χ0) is 31.1. The molecule has 0 bridgehead atoms. The molecular formula is C32H41F3N4O4. The predicted molar refractivity (Wildman–Crippen MR) is 157 cm³/mol. The summed E-state index contributed by atoms with van der Waals surface area (Å²) in [7, 11) is 0. The van der Waals surface area contributed by atoms with E-state index in [-0.39, 0.29) is 17.9 Å². The second-order valence-corrected chi connectivity index (χ2v) is 11.9. The fourth-order valence-corrected chi connectivity index (χ4v) is 6.45. The molecular weight excluding hydrogens is 561 g/mol. The molecule has 3 heterocycles. The van der Waals surface area contributed by atoms with Gasteiger partial charge >= 0.3 is 12.1 Å². The maximum atomic E-state index is 13.3. The molecule has 3 fully saturated rings. The van der Waals surface area contributed by atoms with Crippen LogP contribution in [0, 0.1) is 25.7 Å². The summed E-state index contributed by atoms with van der Waals surface area (Å²) in [6.45, 7) is 11.4. The fraction of sp³-hybridized carbons (Fsp3) is 0.531. The van der Waals surface area contributed by atoms with Crippen molar-refractivity contribution in [1.82, 2.24) is 20.0 Å². The van der Waals surface area contributed by atoms with Crippen LogP contribution in [0.1, 0.15) is 52.4 Å². The molecule has 2 aromatic rings. The molecule has 3 aliphatic heterocycles. The predicted octanol–water partition coefficient (Wildman–Crippen LogP) is 4.28. The molecule has 0 spiro atoms. The smallest absolute Gasteiger partial charge is 0.475 e. The van der Waals surface area contributed by atoms with Gasteiger partial charge in [-0.3, -0.25) is 14.5 Å². The Morgan fingerprint density at radius 2 is 1.44 bits per heavy atom. The Morgan fingerprint density at radius 1 is 0.884 bits per heavy atom. The molecule has 43 heavy (non-hydrogen) atoms. The summed E-state index contributed by atoms with van der Waals surface area (Å²) in [6.07, 6.45) is -1.79. The van der Waals surface area contributed by atoms with E-state index in [0.717, 1.165) is 68.9 Å². The normalized spacial score (nSPS) is 21.2. The molecule has 8 nitrogen and oxygen atoms in total. The van der Waals surface area contributed by atoms with Gasteiger partial charge in [0, 0.05) is 38.3 Å². The molecule has 2 unspecified atom stereocenters. The Bertz CT molecular complexity index is 1230. The van der Waals surface area contributed by atoms with E-state index in [9.17, 15) is 22.8 Å². The number of likely N-dealkylation sites (tertiary alicyclic amines) is 3. The standard InChI is InChI=1S/C30H40N4O2.C2HF3O2/c1-22-9-8-10-23(2)29(22)30(36)34-19-25-17-33(18-26(25)20-34)16-13-27(24-11-4-3-5-12-24)31-28(35)21-32-14-6-7-15-32;3-2(4,5)1(6)7/h3-5,8-12,25-27H,6-7,13-21H2,1-2H3,(H,31,35);(H,6,7)/t25-,26?,27?;/m0./s1. The number of alkyl halides is 3. The van der Waals surface area contributed by atoms with Gasteiger partial charge in [-0.2, -0.15) is 13.2 Å². The number of hydrogen-bond donors (Lipinski definition) is 2. The Labute approximate surface area is 250 Å². The van der Waals surface area contributed by atoms with Gasteiger partial charge in [-0.05, 0) is 74.7 Å². The second kappa shape index (κ2) is 14.4. The van der Waals surface area contributed by atoms with Crippen LogP contribution < -0.4 is 5.32 Å². The van der Waals surface area contributed by atoms with E-state index in [4.69, 9.17) is 9.90 Å². The number of aliphatic carboxylic acids is 1. The van der Waals surface area contributed by atoms with Crippen molar-refractivity contribution in [2.24, 2.45) is 11.8 Å². The van der Waals surface area contributed by atoms with E-state index in [2.05, 4.69) is 44.3 Å². The van der Waals surface area contributed by atoms with E-state index in [1.165, 1.54) is 18.4 Å². The Morgan fingerprint density at radius 3 is 1.98 bits per heavy atom. The molecule has 2 N–H and O–H groups in total. The lowest BCUT2D eigenvalue weighted by atomic mass is 10.0. The van der Waals surface area contributed by atoms with Crippen LogP contribution in [-0.2, 0) is 9.59 Å². The fourth-order valence-electron chi connectivity index (χ4n) is 6.45. The molecule has 3 atom stereocenters. The molecule has 2 amide bonds. The summed E-state index contributed by atoms with van der Waals surface area (Å²) < 4.78 is 31.7. The largest absolute Gasteiger partial charge is 0.490 e. The highest BCUT2D eigenvalue weighted by Gasteiger charge is 2.42. The first kappa shape index (κ1) is 32.5. The average molecular weight is 603 g/mol. The molecule has 5 rings (SSSR count). The molecule has 0 radical (unpaired) electrons. The highest BCUT2D eigenvalue weighted by Crippen LogP contribution is 2.33. The number of carbonyl (C=O) groups excluding carboxylic acids is 2. The number of carbonyl (C=O) groups is 3. The molecule has 2 aromatic carbocycles. The van der Waals surface area contributed by atoms with Crippen LogP contribution in [0.4, 0.5) is 13.2 Å². The van der Waals surface area contributed by atoms with Gasteiger partial charge in [-0.25, -0.2) is 4.79 Å². The summed E-state index contributed by atoms with van der Waals surface area (Å²) >= 11 is 0. The Kier molecular flexibility index (Phi) is 10.8. The molecule has 0 aliphatic carbocycles. The van der Waals surface area contributed by atoms with Gasteiger partial charge in [0.1, 0.15) is 0 Å². The minimum Gasteiger partial charge on any atom is -0.475 e. The van der Waals surface area contributed by atoms with Crippen molar-refractivity contribution in [2.75, 3.05) is 52.4 Å². The van der Waals surface area contributed by atoms with Crippen LogP contribution in [0.25, 0.3) is 0 Å². The van der Waals surface area contributed by atoms with E-state index in [1.807, 2.05) is 38.1 Å². The number of hydrogen-bond acceptors (Lipinski definition) is 5. The second-order valence-electron chi connectivity index (χ2n) is 11.9. The maximum absolute atomic E-state index is 13.3. The van der Waals surface area contributed by atoms with Gasteiger partial charge in [-0.15, -0.1) is 0 Å². The zero-order valence-corrected chi connectivity index (χ0v) is 24.8. The van der Waals surface area contributed by atoms with Crippen LogP contribution in [-0.4, -0.2) is 96.1 Å².